The Balaban J connectivity index is 0.000000149. The van der Waals surface area contributed by atoms with Gasteiger partial charge in [-0.15, -0.1) is 0 Å². The van der Waals surface area contributed by atoms with Gasteiger partial charge in [0.2, 0.25) is 0 Å². The monoisotopic (exact) mass is 447 g/mol. The second-order valence-corrected chi connectivity index (χ2v) is 7.38. The minimum absolute atomic E-state index is 0.842. The predicted molar refractivity (Wildman–Crippen MR) is 108 cm³/mol. The van der Waals surface area contributed by atoms with Gasteiger partial charge < -0.3 is 0 Å². The van der Waals surface area contributed by atoms with Crippen LogP contribution in [0.3, 0.4) is 0 Å². The molecule has 0 unspecified atom stereocenters. The van der Waals surface area contributed by atoms with E-state index < -0.39 is 0 Å². The molecular weight excluding hydrogens is 430 g/mol. The van der Waals surface area contributed by atoms with Crippen LogP contribution in [0, 0.1) is 0 Å². The third kappa shape index (κ3) is 3.78. The van der Waals surface area contributed by atoms with E-state index in [4.69, 9.17) is 0 Å². The lowest BCUT2D eigenvalue weighted by Crippen LogP contribution is -1.98. The Morgan fingerprint density at radius 2 is 1.88 bits per heavy atom. The maximum Gasteiger partial charge on any atom is 0.0693 e. The van der Waals surface area contributed by atoms with Gasteiger partial charge in [-0.3, -0.25) is 9.67 Å². The van der Waals surface area contributed by atoms with Crippen LogP contribution in [-0.2, 0) is 13.1 Å². The Morgan fingerprint density at radius 1 is 1.08 bits per heavy atom. The summed E-state index contributed by atoms with van der Waals surface area (Å²) in [6, 6.07) is 12.4. The fourth-order valence-electron chi connectivity index (χ4n) is 2.65. The number of halogens is 2. The lowest BCUT2D eigenvalue weighted by atomic mass is 10.1. The van der Waals surface area contributed by atoms with Gasteiger partial charge in [0.05, 0.1) is 18.3 Å². The van der Waals surface area contributed by atoms with Crippen molar-refractivity contribution in [1.82, 2.24) is 9.78 Å². The lowest BCUT2D eigenvalue weighted by molar-refractivity contribution is 0.588. The van der Waals surface area contributed by atoms with Gasteiger partial charge in [-0.2, -0.15) is 5.10 Å². The predicted octanol–water partition coefficient (Wildman–Crippen LogP) is 5.98. The molecule has 0 saturated carbocycles. The van der Waals surface area contributed by atoms with E-state index >= 15 is 0 Å². The summed E-state index contributed by atoms with van der Waals surface area (Å²) in [4.78, 5) is 4.16. The van der Waals surface area contributed by atoms with Crippen LogP contribution in [0.4, 0.5) is 0 Å². The van der Waals surface area contributed by atoms with E-state index in [-0.39, 0.29) is 0 Å². The van der Waals surface area contributed by atoms with Gasteiger partial charge in [-0.1, -0.05) is 63.4 Å². The van der Waals surface area contributed by atoms with Crippen LogP contribution in [0.1, 0.15) is 30.9 Å². The van der Waals surface area contributed by atoms with Gasteiger partial charge in [0.1, 0.15) is 0 Å². The maximum atomic E-state index is 4.38. The second kappa shape index (κ2) is 8.08. The molecule has 0 N–H and O–H groups in total. The van der Waals surface area contributed by atoms with Crippen molar-refractivity contribution in [3.8, 4) is 0 Å². The van der Waals surface area contributed by atoms with Crippen molar-refractivity contribution < 1.29 is 0 Å². The zero-order chi connectivity index (χ0) is 16.9. The highest BCUT2D eigenvalue weighted by Gasteiger charge is 2.07. The van der Waals surface area contributed by atoms with Crippen LogP contribution < -0.4 is 0 Å². The van der Waals surface area contributed by atoms with Crippen molar-refractivity contribution in [2.45, 2.75) is 32.9 Å². The van der Waals surface area contributed by atoms with Gasteiger partial charge in [-0.05, 0) is 30.2 Å². The minimum Gasteiger partial charge on any atom is -0.288 e. The number of nitrogens with zero attached hydrogens (tertiary/aromatic N) is 3. The first-order chi connectivity index (χ1) is 11.7. The van der Waals surface area contributed by atoms with E-state index in [1.54, 1.807) is 0 Å². The summed E-state index contributed by atoms with van der Waals surface area (Å²) in [6.07, 6.45) is 6.23. The summed E-state index contributed by atoms with van der Waals surface area (Å²) in [5, 5.41) is 5.58. The Morgan fingerprint density at radius 3 is 2.67 bits per heavy atom. The molecule has 0 saturated heterocycles. The molecule has 1 aliphatic rings. The number of rotatable bonds is 3. The molecule has 1 aromatic heterocycles. The highest BCUT2D eigenvalue weighted by molar-refractivity contribution is 9.11. The van der Waals surface area contributed by atoms with E-state index in [1.807, 2.05) is 30.6 Å². The van der Waals surface area contributed by atoms with Crippen molar-refractivity contribution in [3.63, 3.8) is 0 Å². The van der Waals surface area contributed by atoms with Crippen molar-refractivity contribution in [3.05, 3.63) is 62.7 Å². The molecule has 1 aliphatic heterocycles. The van der Waals surface area contributed by atoms with E-state index in [2.05, 4.69) is 71.8 Å². The number of fused-ring (bicyclic) bond motifs is 2. The summed E-state index contributed by atoms with van der Waals surface area (Å²) in [7, 11) is 0. The first-order valence-corrected chi connectivity index (χ1v) is 9.66. The lowest BCUT2D eigenvalue weighted by Gasteiger charge is -2.01. The van der Waals surface area contributed by atoms with Gasteiger partial charge >= 0.3 is 0 Å². The molecule has 0 aliphatic carbocycles. The SMILES string of the molecule is Brc1cccc2c1C=NC2.CCCCn1ncc2c(Br)cccc21. The second-order valence-electron chi connectivity index (χ2n) is 5.68. The molecule has 0 fully saturated rings. The topological polar surface area (TPSA) is 30.2 Å². The zero-order valence-electron chi connectivity index (χ0n) is 13.5. The molecule has 0 bridgehead atoms. The van der Waals surface area contributed by atoms with Crippen molar-refractivity contribution in [1.29, 1.82) is 0 Å². The van der Waals surface area contributed by atoms with Gasteiger partial charge in [0, 0.05) is 32.7 Å². The molecule has 3 aromatic rings. The number of unbranched alkanes of at least 4 members (excludes halogenated alkanes) is 1. The van der Waals surface area contributed by atoms with Crippen LogP contribution in [0.25, 0.3) is 10.9 Å². The van der Waals surface area contributed by atoms with E-state index in [1.165, 1.54) is 34.9 Å². The third-order valence-corrected chi connectivity index (χ3v) is 5.37. The molecule has 5 heteroatoms. The molecule has 124 valence electrons. The normalized spacial score (nSPS) is 12.1. The summed E-state index contributed by atoms with van der Waals surface area (Å²) >= 11 is 6.98. The van der Waals surface area contributed by atoms with Crippen molar-refractivity contribution >= 4 is 49.0 Å². The summed E-state index contributed by atoms with van der Waals surface area (Å²) in [5.41, 5.74) is 3.77. The smallest absolute Gasteiger partial charge is 0.0693 e. The van der Waals surface area contributed by atoms with Gasteiger partial charge in [0.15, 0.2) is 0 Å². The fourth-order valence-corrected chi connectivity index (χ4v) is 3.62. The summed E-state index contributed by atoms with van der Waals surface area (Å²) < 4.78 is 4.34. The summed E-state index contributed by atoms with van der Waals surface area (Å²) in [5.74, 6) is 0. The standard InChI is InChI=1S/C11H13BrN2.C8H6BrN/c1-2-3-7-14-11-6-4-5-10(12)9(11)8-13-14;9-8-3-1-2-6-4-10-5-7(6)8/h4-6,8H,2-3,7H2,1H3;1-3,5H,4H2. The average molecular weight is 449 g/mol. The van der Waals surface area contributed by atoms with Crippen LogP contribution >= 0.6 is 31.9 Å². The number of aromatic nitrogens is 2. The quantitative estimate of drug-likeness (QED) is 0.484. The molecule has 0 spiro atoms. The fraction of sp³-hybridized carbons (Fsp3) is 0.263. The van der Waals surface area contributed by atoms with E-state index in [9.17, 15) is 0 Å². The number of hydrogen-bond acceptors (Lipinski definition) is 2. The van der Waals surface area contributed by atoms with Crippen molar-refractivity contribution in [2.24, 2.45) is 4.99 Å². The first kappa shape index (κ1) is 17.4. The first-order valence-electron chi connectivity index (χ1n) is 8.08. The molecule has 0 atom stereocenters. The highest BCUT2D eigenvalue weighted by atomic mass is 79.9. The van der Waals surface area contributed by atoms with Crippen LogP contribution in [-0.4, -0.2) is 16.0 Å². The molecule has 2 heterocycles. The number of benzene rings is 2. The van der Waals surface area contributed by atoms with E-state index in [0.29, 0.717) is 0 Å². The molecule has 0 radical (unpaired) electrons. The molecule has 24 heavy (non-hydrogen) atoms. The zero-order valence-corrected chi connectivity index (χ0v) is 16.7. The van der Waals surface area contributed by atoms with Gasteiger partial charge in [-0.25, -0.2) is 0 Å². The molecule has 3 nitrogen and oxygen atoms in total. The highest BCUT2D eigenvalue weighted by Crippen LogP contribution is 2.24. The van der Waals surface area contributed by atoms with E-state index in [0.717, 1.165) is 22.0 Å². The third-order valence-electron chi connectivity index (χ3n) is 3.98. The molecular formula is C19H19Br2N3. The summed E-state index contributed by atoms with van der Waals surface area (Å²) in [6.45, 7) is 4.05. The number of aliphatic imine (C=N–C) groups is 1. The van der Waals surface area contributed by atoms with Crippen LogP contribution in [0.5, 0.6) is 0 Å². The molecule has 4 rings (SSSR count). The minimum atomic E-state index is 0.842. The average Bonchev–Trinajstić information content (AvgIpc) is 3.22. The molecule has 0 amide bonds. The Hall–Kier alpha value is -1.46. The van der Waals surface area contributed by atoms with Crippen LogP contribution in [0.2, 0.25) is 0 Å². The molecule has 2 aromatic carbocycles. The van der Waals surface area contributed by atoms with Gasteiger partial charge in [0.25, 0.3) is 0 Å². The number of hydrogen-bond donors (Lipinski definition) is 0. The Kier molecular flexibility index (Phi) is 5.85. The van der Waals surface area contributed by atoms with Crippen LogP contribution in [0.15, 0.2) is 56.5 Å². The Labute approximate surface area is 159 Å². The Bertz CT molecular complexity index is 868. The van der Waals surface area contributed by atoms with Crippen molar-refractivity contribution in [2.75, 3.05) is 0 Å². The largest absolute Gasteiger partial charge is 0.288 e. The maximum absolute atomic E-state index is 4.38. The number of aryl methyl sites for hydroxylation is 1.